The minimum atomic E-state index is -3.88. The van der Waals surface area contributed by atoms with Gasteiger partial charge in [0.25, 0.3) is 0 Å². The van der Waals surface area contributed by atoms with Gasteiger partial charge in [-0.25, -0.2) is 13.4 Å². The molecule has 2 N–H and O–H groups in total. The number of benzene rings is 1. The van der Waals surface area contributed by atoms with Crippen LogP contribution in [0.4, 0.5) is 0 Å². The van der Waals surface area contributed by atoms with Gasteiger partial charge in [0.05, 0.1) is 30.1 Å². The smallest absolute Gasteiger partial charge is 0.238 e. The zero-order chi connectivity index (χ0) is 26.9. The Kier molecular flexibility index (Phi) is 12.4. The largest absolute Gasteiger partial charge is 0.493 e. The molecule has 0 aliphatic heterocycles. The molecule has 1 aliphatic rings. The first-order valence-corrected chi connectivity index (χ1v) is 14.4. The predicted octanol–water partition coefficient (Wildman–Crippen LogP) is 5.11. The topological polar surface area (TPSA) is 118 Å². The molecule has 11 heteroatoms. The molecular weight excluding hydrogens is 530 g/mol. The van der Waals surface area contributed by atoms with Gasteiger partial charge in [0.2, 0.25) is 15.7 Å². The molecule has 0 saturated heterocycles. The van der Waals surface area contributed by atoms with Gasteiger partial charge in [0, 0.05) is 12.8 Å². The van der Waals surface area contributed by atoms with Crippen molar-refractivity contribution < 1.29 is 27.9 Å². The summed E-state index contributed by atoms with van der Waals surface area (Å²) in [5, 5.41) is 10.9. The van der Waals surface area contributed by atoms with Crippen LogP contribution in [0.2, 0.25) is 0 Å². The molecular formula is C27H40ClN3O6S. The van der Waals surface area contributed by atoms with Crippen LogP contribution >= 0.6 is 12.4 Å². The zero-order valence-electron chi connectivity index (χ0n) is 22.4. The highest BCUT2D eigenvalue weighted by atomic mass is 35.5. The van der Waals surface area contributed by atoms with Gasteiger partial charge in [-0.1, -0.05) is 45.2 Å². The van der Waals surface area contributed by atoms with Crippen molar-refractivity contribution in [3.05, 3.63) is 48.2 Å². The standard InChI is InChI=1S/C27H39N3O6S.ClH/c1-4-16-36-27(13-6-5-7-14-27)18-25(31)29-30(32)19-22-12-15-28-26(17-22)37(33,34)24-10-8-23(9-11-24)35-20-21(2)3;/h8-12,15,17,21,32H,4-7,13-14,16,18-20H2,1-3H3,(H,29,31);1H. The number of hydrazine groups is 1. The highest BCUT2D eigenvalue weighted by molar-refractivity contribution is 7.91. The van der Waals surface area contributed by atoms with E-state index in [-0.39, 0.29) is 41.2 Å². The molecule has 0 radical (unpaired) electrons. The van der Waals surface area contributed by atoms with Gasteiger partial charge < -0.3 is 9.47 Å². The molecule has 1 fully saturated rings. The van der Waals surface area contributed by atoms with Crippen LogP contribution in [0.15, 0.2) is 52.5 Å². The summed E-state index contributed by atoms with van der Waals surface area (Å²) in [6.07, 6.45) is 7.21. The van der Waals surface area contributed by atoms with Crippen LogP contribution in [-0.4, -0.2) is 48.5 Å². The van der Waals surface area contributed by atoms with E-state index < -0.39 is 15.4 Å². The van der Waals surface area contributed by atoms with Crippen LogP contribution in [0.5, 0.6) is 5.75 Å². The minimum Gasteiger partial charge on any atom is -0.493 e. The lowest BCUT2D eigenvalue weighted by molar-refractivity contribution is -0.171. The van der Waals surface area contributed by atoms with Crippen LogP contribution in [0, 0.1) is 5.92 Å². The van der Waals surface area contributed by atoms with E-state index in [4.69, 9.17) is 9.47 Å². The van der Waals surface area contributed by atoms with Gasteiger partial charge in [0.15, 0.2) is 5.03 Å². The lowest BCUT2D eigenvalue weighted by Gasteiger charge is -2.37. The Morgan fingerprint density at radius 2 is 1.84 bits per heavy atom. The van der Waals surface area contributed by atoms with Crippen LogP contribution in [0.1, 0.15) is 71.3 Å². The van der Waals surface area contributed by atoms with E-state index in [1.165, 1.54) is 24.4 Å². The molecule has 2 aromatic rings. The molecule has 1 amide bonds. The van der Waals surface area contributed by atoms with Gasteiger partial charge in [-0.2, -0.15) is 0 Å². The number of nitrogens with one attached hydrogen (secondary N) is 1. The molecule has 1 saturated carbocycles. The Morgan fingerprint density at radius 3 is 2.47 bits per heavy atom. The number of hydroxylamine groups is 1. The third-order valence-electron chi connectivity index (χ3n) is 6.24. The van der Waals surface area contributed by atoms with Gasteiger partial charge in [-0.05, 0) is 67.1 Å². The summed E-state index contributed by atoms with van der Waals surface area (Å²) in [4.78, 5) is 16.8. The monoisotopic (exact) mass is 569 g/mol. The molecule has 1 aromatic carbocycles. The fourth-order valence-corrected chi connectivity index (χ4v) is 5.61. The van der Waals surface area contributed by atoms with Gasteiger partial charge in [0.1, 0.15) is 5.75 Å². The molecule has 3 rings (SSSR count). The summed E-state index contributed by atoms with van der Waals surface area (Å²) in [6, 6.07) is 9.19. The van der Waals surface area contributed by atoms with Crippen molar-refractivity contribution in [2.24, 2.45) is 5.92 Å². The fourth-order valence-electron chi connectivity index (χ4n) is 4.37. The van der Waals surface area contributed by atoms with Crippen LogP contribution in [0.3, 0.4) is 0 Å². The van der Waals surface area contributed by atoms with Crippen LogP contribution < -0.4 is 10.2 Å². The summed E-state index contributed by atoms with van der Waals surface area (Å²) in [7, 11) is -3.88. The number of pyridine rings is 1. The fraction of sp³-hybridized carbons (Fsp3) is 0.556. The second-order valence-corrected chi connectivity index (χ2v) is 11.9. The predicted molar refractivity (Wildman–Crippen MR) is 146 cm³/mol. The Balaban J connectivity index is 0.00000507. The molecule has 1 aromatic heterocycles. The summed E-state index contributed by atoms with van der Waals surface area (Å²) >= 11 is 0. The van der Waals surface area contributed by atoms with Crippen LogP contribution in [-0.2, 0) is 25.9 Å². The average molecular weight is 570 g/mol. The number of carbonyl (C=O) groups excluding carboxylic acids is 1. The molecule has 0 atom stereocenters. The number of carbonyl (C=O) groups is 1. The van der Waals surface area contributed by atoms with Crippen molar-refractivity contribution in [1.82, 2.24) is 15.6 Å². The van der Waals surface area contributed by atoms with Crippen LogP contribution in [0.25, 0.3) is 0 Å². The molecule has 0 unspecified atom stereocenters. The maximum atomic E-state index is 13.1. The highest BCUT2D eigenvalue weighted by Gasteiger charge is 2.35. The normalized spacial score (nSPS) is 15.2. The van der Waals surface area contributed by atoms with Gasteiger partial charge in [-0.15, -0.1) is 12.4 Å². The van der Waals surface area contributed by atoms with Crippen molar-refractivity contribution in [3.63, 3.8) is 0 Å². The number of sulfone groups is 1. The maximum Gasteiger partial charge on any atom is 0.238 e. The quantitative estimate of drug-likeness (QED) is 0.319. The van der Waals surface area contributed by atoms with Crippen molar-refractivity contribution in [1.29, 1.82) is 0 Å². The number of ether oxygens (including phenoxy) is 2. The van der Waals surface area contributed by atoms with E-state index in [1.807, 2.05) is 20.8 Å². The van der Waals surface area contributed by atoms with E-state index in [0.29, 0.717) is 35.6 Å². The van der Waals surface area contributed by atoms with E-state index >= 15 is 0 Å². The second kappa shape index (κ2) is 14.8. The molecule has 1 heterocycles. The summed E-state index contributed by atoms with van der Waals surface area (Å²) in [6.45, 7) is 7.13. The highest BCUT2D eigenvalue weighted by Crippen LogP contribution is 2.34. The lowest BCUT2D eigenvalue weighted by Crippen LogP contribution is -2.45. The molecule has 0 bridgehead atoms. The van der Waals surface area contributed by atoms with Gasteiger partial charge in [-0.3, -0.25) is 15.4 Å². The van der Waals surface area contributed by atoms with Crippen molar-refractivity contribution in [2.45, 2.75) is 87.8 Å². The maximum absolute atomic E-state index is 13.1. The third-order valence-corrected chi connectivity index (χ3v) is 7.90. The third kappa shape index (κ3) is 9.20. The Labute approximate surface area is 232 Å². The number of aromatic nitrogens is 1. The Morgan fingerprint density at radius 1 is 1.16 bits per heavy atom. The van der Waals surface area contributed by atoms with Crippen molar-refractivity contribution in [3.8, 4) is 5.75 Å². The van der Waals surface area contributed by atoms with E-state index in [1.54, 1.807) is 18.2 Å². The van der Waals surface area contributed by atoms with Crippen molar-refractivity contribution >= 4 is 28.2 Å². The van der Waals surface area contributed by atoms with E-state index in [0.717, 1.165) is 38.5 Å². The molecule has 9 nitrogen and oxygen atoms in total. The molecule has 212 valence electrons. The number of hydrogen-bond acceptors (Lipinski definition) is 8. The number of amides is 1. The Bertz CT molecular complexity index is 1120. The first kappa shape index (κ1) is 32.0. The first-order valence-electron chi connectivity index (χ1n) is 13.0. The second-order valence-electron chi connectivity index (χ2n) is 10.0. The Hall–Kier alpha value is -2.24. The number of hydrogen-bond donors (Lipinski definition) is 2. The van der Waals surface area contributed by atoms with E-state index in [9.17, 15) is 18.4 Å². The molecule has 1 aliphatic carbocycles. The zero-order valence-corrected chi connectivity index (χ0v) is 24.0. The summed E-state index contributed by atoms with van der Waals surface area (Å²) in [5.74, 6) is 0.604. The minimum absolute atomic E-state index is 0. The molecule has 0 spiro atoms. The number of rotatable bonds is 13. The number of halogens is 1. The molecule has 38 heavy (non-hydrogen) atoms. The van der Waals surface area contributed by atoms with Gasteiger partial charge >= 0.3 is 0 Å². The summed E-state index contributed by atoms with van der Waals surface area (Å²) < 4.78 is 37.9. The lowest BCUT2D eigenvalue weighted by atomic mass is 9.82. The van der Waals surface area contributed by atoms with E-state index in [2.05, 4.69) is 10.4 Å². The number of nitrogens with zero attached hydrogens (tertiary/aromatic N) is 2. The van der Waals surface area contributed by atoms with Crippen molar-refractivity contribution in [2.75, 3.05) is 13.2 Å². The first-order chi connectivity index (χ1) is 17.6. The summed E-state index contributed by atoms with van der Waals surface area (Å²) in [5.41, 5.74) is 2.46. The SMILES string of the molecule is CCCOC1(CC(=O)NN(O)Cc2ccnc(S(=O)(=O)c3ccc(OCC(C)C)cc3)c2)CCCCC1.Cl. The average Bonchev–Trinajstić information content (AvgIpc) is 2.87.